The summed E-state index contributed by atoms with van der Waals surface area (Å²) in [6, 6.07) is 7.88. The molecule has 1 fully saturated rings. The maximum atomic E-state index is 13.8. The molecule has 4 N–H and O–H groups in total. The molecule has 2 amide bonds. The normalized spacial score (nSPS) is 14.6. The van der Waals surface area contributed by atoms with Gasteiger partial charge in [-0.25, -0.2) is 19.7 Å². The molecule has 0 spiro atoms. The van der Waals surface area contributed by atoms with Crippen molar-refractivity contribution in [2.75, 3.05) is 43.1 Å². The van der Waals surface area contributed by atoms with Crippen molar-refractivity contribution in [2.24, 2.45) is 5.92 Å². The Morgan fingerprint density at radius 1 is 1.07 bits per heavy atom. The number of nitrogens with zero attached hydrogens (tertiary/aromatic N) is 5. The van der Waals surface area contributed by atoms with Crippen LogP contribution in [0, 0.1) is 5.92 Å². The number of nitrogen functional groups attached to an aromatic ring is 1. The third kappa shape index (κ3) is 6.38. The van der Waals surface area contributed by atoms with Crippen LogP contribution in [0.5, 0.6) is 5.88 Å². The number of aromatic nitrogens is 4. The van der Waals surface area contributed by atoms with Crippen molar-refractivity contribution in [3.8, 4) is 11.6 Å². The zero-order valence-corrected chi connectivity index (χ0v) is 22.0. The standard InChI is InChI=1S/C27H27F3N8O3/c1-37-9-6-16(7-10-37)14-41-25-20(27(28,29)30)12-18(13-32-25)36-26(40)35-17-2-4-19(5-3-17)38-11-8-21(39)22-23(31)33-15-34-24(22)38/h2-5,8,11-13,15-16H,6-7,9-10,14H2,1H3,(H2,31,33,34)(H2,35,36,40). The predicted molar refractivity (Wildman–Crippen MR) is 147 cm³/mol. The van der Waals surface area contributed by atoms with E-state index >= 15 is 0 Å². The maximum absolute atomic E-state index is 13.8. The molecule has 1 saturated heterocycles. The number of carbonyl (C=O) groups is 1. The lowest BCUT2D eigenvalue weighted by atomic mass is 9.98. The summed E-state index contributed by atoms with van der Waals surface area (Å²) in [7, 11) is 2.00. The van der Waals surface area contributed by atoms with E-state index in [1.807, 2.05) is 7.05 Å². The van der Waals surface area contributed by atoms with Gasteiger partial charge in [-0.2, -0.15) is 13.2 Å². The van der Waals surface area contributed by atoms with E-state index in [1.54, 1.807) is 35.0 Å². The summed E-state index contributed by atoms with van der Waals surface area (Å²) in [5, 5.41) is 5.13. The molecule has 0 aliphatic carbocycles. The van der Waals surface area contributed by atoms with Crippen molar-refractivity contribution >= 4 is 34.3 Å². The van der Waals surface area contributed by atoms with Gasteiger partial charge in [0.05, 0.1) is 18.5 Å². The lowest BCUT2D eigenvalue weighted by Gasteiger charge is -2.28. The number of carbonyl (C=O) groups excluding carboxylic acids is 1. The van der Waals surface area contributed by atoms with Gasteiger partial charge in [-0.05, 0) is 69.2 Å². The number of hydrogen-bond donors (Lipinski definition) is 3. The van der Waals surface area contributed by atoms with Gasteiger partial charge in [-0.15, -0.1) is 0 Å². The number of rotatable bonds is 6. The summed E-state index contributed by atoms with van der Waals surface area (Å²) >= 11 is 0. The topological polar surface area (TPSA) is 140 Å². The van der Waals surface area contributed by atoms with E-state index in [0.717, 1.165) is 38.2 Å². The zero-order chi connectivity index (χ0) is 29.1. The fourth-order valence-electron chi connectivity index (χ4n) is 4.58. The Labute approximate surface area is 232 Å². The van der Waals surface area contributed by atoms with Crippen LogP contribution in [-0.2, 0) is 6.18 Å². The monoisotopic (exact) mass is 568 g/mol. The van der Waals surface area contributed by atoms with Gasteiger partial charge in [0.2, 0.25) is 5.88 Å². The number of piperidine rings is 1. The number of nitrogens with one attached hydrogen (secondary N) is 2. The highest BCUT2D eigenvalue weighted by molar-refractivity contribution is 5.99. The molecule has 0 bridgehead atoms. The number of nitrogens with two attached hydrogens (primary N) is 1. The van der Waals surface area contributed by atoms with Crippen molar-refractivity contribution in [3.63, 3.8) is 0 Å². The molecule has 1 aliphatic heterocycles. The number of benzene rings is 1. The third-order valence-electron chi connectivity index (χ3n) is 6.82. The van der Waals surface area contributed by atoms with E-state index in [9.17, 15) is 22.8 Å². The number of urea groups is 1. The van der Waals surface area contributed by atoms with Crippen LogP contribution in [0.1, 0.15) is 18.4 Å². The number of ether oxygens (including phenoxy) is 1. The molecule has 214 valence electrons. The summed E-state index contributed by atoms with van der Waals surface area (Å²) in [4.78, 5) is 38.8. The first-order valence-electron chi connectivity index (χ1n) is 12.8. The highest BCUT2D eigenvalue weighted by Gasteiger charge is 2.36. The number of likely N-dealkylation sites (tertiary alicyclic amines) is 1. The first kappa shape index (κ1) is 27.8. The summed E-state index contributed by atoms with van der Waals surface area (Å²) < 4.78 is 48.4. The van der Waals surface area contributed by atoms with Gasteiger partial charge in [0.1, 0.15) is 23.1 Å². The summed E-state index contributed by atoms with van der Waals surface area (Å²) in [6.07, 6.45) is 0.865. The van der Waals surface area contributed by atoms with Gasteiger partial charge in [0.25, 0.3) is 0 Å². The summed E-state index contributed by atoms with van der Waals surface area (Å²) in [5.41, 5.74) is 5.62. The van der Waals surface area contributed by atoms with Crippen LogP contribution in [0.25, 0.3) is 16.7 Å². The Bertz CT molecular complexity index is 1620. The number of hydrogen-bond acceptors (Lipinski definition) is 8. The quantitative estimate of drug-likeness (QED) is 0.315. The SMILES string of the molecule is CN1CCC(COc2ncc(NC(=O)Nc3ccc(-n4ccc(=O)c5c(N)ncnc54)cc3)cc2C(F)(F)F)CC1. The van der Waals surface area contributed by atoms with Crippen LogP contribution in [0.4, 0.5) is 35.2 Å². The molecule has 11 nitrogen and oxygen atoms in total. The second-order valence-electron chi connectivity index (χ2n) is 9.77. The minimum atomic E-state index is -4.72. The van der Waals surface area contributed by atoms with E-state index < -0.39 is 23.7 Å². The van der Waals surface area contributed by atoms with E-state index in [4.69, 9.17) is 10.5 Å². The lowest BCUT2D eigenvalue weighted by Crippen LogP contribution is -2.32. The van der Waals surface area contributed by atoms with Crippen LogP contribution >= 0.6 is 0 Å². The highest BCUT2D eigenvalue weighted by Crippen LogP contribution is 2.37. The molecule has 0 atom stereocenters. The number of halogens is 3. The molecule has 4 heterocycles. The third-order valence-corrected chi connectivity index (χ3v) is 6.82. The number of anilines is 3. The fraction of sp³-hybridized carbons (Fsp3) is 0.296. The molecule has 0 radical (unpaired) electrons. The number of alkyl halides is 3. The van der Waals surface area contributed by atoms with Crippen molar-refractivity contribution in [3.05, 3.63) is 70.9 Å². The molecule has 3 aromatic heterocycles. The van der Waals surface area contributed by atoms with E-state index in [-0.39, 0.29) is 34.8 Å². The van der Waals surface area contributed by atoms with Crippen molar-refractivity contribution in [2.45, 2.75) is 19.0 Å². The van der Waals surface area contributed by atoms with Crippen LogP contribution in [-0.4, -0.2) is 57.2 Å². The fourth-order valence-corrected chi connectivity index (χ4v) is 4.58. The second kappa shape index (κ2) is 11.4. The average Bonchev–Trinajstić information content (AvgIpc) is 2.93. The Hall–Kier alpha value is -4.72. The Morgan fingerprint density at radius 3 is 2.49 bits per heavy atom. The molecule has 0 saturated carbocycles. The summed E-state index contributed by atoms with van der Waals surface area (Å²) in [6.45, 7) is 1.87. The van der Waals surface area contributed by atoms with Gasteiger partial charge >= 0.3 is 12.2 Å². The average molecular weight is 569 g/mol. The van der Waals surface area contributed by atoms with Gasteiger partial charge in [0, 0.05) is 23.6 Å². The Kier molecular flexibility index (Phi) is 7.75. The van der Waals surface area contributed by atoms with Crippen molar-refractivity contribution in [1.29, 1.82) is 0 Å². The molecule has 5 rings (SSSR count). The molecular weight excluding hydrogens is 541 g/mol. The predicted octanol–water partition coefficient (Wildman–Crippen LogP) is 4.14. The van der Waals surface area contributed by atoms with Gasteiger partial charge in [0.15, 0.2) is 11.1 Å². The van der Waals surface area contributed by atoms with Crippen LogP contribution in [0.15, 0.2) is 59.9 Å². The molecule has 41 heavy (non-hydrogen) atoms. The molecule has 14 heteroatoms. The van der Waals surface area contributed by atoms with E-state index in [1.165, 1.54) is 12.4 Å². The maximum Gasteiger partial charge on any atom is 0.421 e. The summed E-state index contributed by atoms with van der Waals surface area (Å²) in [5.74, 6) is -0.303. The van der Waals surface area contributed by atoms with E-state index in [2.05, 4.69) is 30.5 Å². The van der Waals surface area contributed by atoms with Crippen LogP contribution < -0.4 is 26.5 Å². The number of amides is 2. The second-order valence-corrected chi connectivity index (χ2v) is 9.77. The first-order valence-corrected chi connectivity index (χ1v) is 12.8. The largest absolute Gasteiger partial charge is 0.477 e. The van der Waals surface area contributed by atoms with Crippen molar-refractivity contribution in [1.82, 2.24) is 24.4 Å². The minimum absolute atomic E-state index is 0.0596. The molecule has 0 unspecified atom stereocenters. The molecule has 4 aromatic rings. The number of fused-ring (bicyclic) bond motifs is 1. The van der Waals surface area contributed by atoms with Crippen molar-refractivity contribution < 1.29 is 22.7 Å². The van der Waals surface area contributed by atoms with Gasteiger partial charge < -0.3 is 30.6 Å². The van der Waals surface area contributed by atoms with Gasteiger partial charge in [-0.3, -0.25) is 4.79 Å². The lowest BCUT2D eigenvalue weighted by molar-refractivity contribution is -0.139. The molecule has 1 aliphatic rings. The van der Waals surface area contributed by atoms with E-state index in [0.29, 0.717) is 17.0 Å². The molecule has 1 aromatic carbocycles. The smallest absolute Gasteiger partial charge is 0.421 e. The zero-order valence-electron chi connectivity index (χ0n) is 22.0. The molecular formula is C27H27F3N8O3. The number of pyridine rings is 2. The minimum Gasteiger partial charge on any atom is -0.477 e. The first-order chi connectivity index (χ1) is 19.6. The highest BCUT2D eigenvalue weighted by atomic mass is 19.4. The van der Waals surface area contributed by atoms with Crippen LogP contribution in [0.2, 0.25) is 0 Å². The Morgan fingerprint density at radius 2 is 1.78 bits per heavy atom. The van der Waals surface area contributed by atoms with Crippen LogP contribution in [0.3, 0.4) is 0 Å². The Balaban J connectivity index is 1.26. The van der Waals surface area contributed by atoms with Gasteiger partial charge in [-0.1, -0.05) is 0 Å².